The van der Waals surface area contributed by atoms with Crippen LogP contribution in [0.3, 0.4) is 0 Å². The van der Waals surface area contributed by atoms with Gasteiger partial charge < -0.3 is 5.48 Å². The first-order valence-electron chi connectivity index (χ1n) is 0. The van der Waals surface area contributed by atoms with Crippen molar-refractivity contribution in [3.63, 3.8) is 0 Å². The van der Waals surface area contributed by atoms with Crippen LogP contribution in [0.15, 0.2) is 0 Å². The Balaban J connectivity index is 0. The van der Waals surface area contributed by atoms with Gasteiger partial charge in [0.25, 0.3) is 0 Å². The van der Waals surface area contributed by atoms with Gasteiger partial charge in [-0.1, -0.05) is 0 Å². The maximum atomic E-state index is 0. The summed E-state index contributed by atoms with van der Waals surface area (Å²) in [5.41, 5.74) is 0. The van der Waals surface area contributed by atoms with Crippen molar-refractivity contribution in [2.45, 2.75) is 0 Å². The van der Waals surface area contributed by atoms with Crippen LogP contribution < -0.4 is 0 Å². The molecule has 0 aromatic rings. The molecule has 0 atom stereocenters. The normalized spacial score (nSPS) is 0. The fourth-order valence-electron chi connectivity index (χ4n) is 0. The average molecular weight is 272 g/mol. The van der Waals surface area contributed by atoms with E-state index in [0.29, 0.717) is 0 Å². The van der Waals surface area contributed by atoms with Crippen molar-refractivity contribution in [2.75, 3.05) is 0 Å². The topological polar surface area (TPSA) is 31.5 Å². The van der Waals surface area contributed by atoms with Crippen LogP contribution in [-0.2, 0) is 36.5 Å². The number of hydrogen-bond donors (Lipinski definition) is 0. The fraction of sp³-hybridized carbons (Fsp3) is 0. The van der Waals surface area contributed by atoms with Crippen molar-refractivity contribution in [1.82, 2.24) is 0 Å². The monoisotopic (exact) mass is 273 g/mol. The van der Waals surface area contributed by atoms with E-state index >= 15 is 0 Å². The van der Waals surface area contributed by atoms with Crippen molar-refractivity contribution in [3.05, 3.63) is 0 Å². The molecule has 0 bridgehead atoms. The molecule has 0 amide bonds. The molecule has 4 heavy (non-hydrogen) atoms. The van der Waals surface area contributed by atoms with E-state index in [2.05, 4.69) is 0 Å². The van der Waals surface area contributed by atoms with E-state index in [1.807, 2.05) is 0 Å². The third-order valence-corrected chi connectivity index (χ3v) is 0. The Morgan fingerprint density at radius 2 is 1.00 bits per heavy atom. The Morgan fingerprint density at radius 3 is 1.00 bits per heavy atom. The van der Waals surface area contributed by atoms with E-state index in [1.54, 1.807) is 0 Å². The summed E-state index contributed by atoms with van der Waals surface area (Å²) in [7, 11) is 0. The molecule has 2 N–H and O–H groups in total. The minimum absolute atomic E-state index is 0. The van der Waals surface area contributed by atoms with Gasteiger partial charge in [0.1, 0.15) is 0 Å². The van der Waals surface area contributed by atoms with Crippen molar-refractivity contribution in [1.29, 1.82) is 0 Å². The molecular weight excluding hydrogens is 268 g/mol. The first kappa shape index (κ1) is 30.8. The van der Waals surface area contributed by atoms with Crippen LogP contribution in [0.25, 0.3) is 0 Å². The molecule has 0 aromatic heterocycles. The molecule has 0 aliphatic rings. The van der Waals surface area contributed by atoms with Crippen LogP contribution in [-0.4, -0.2) is 51.0 Å². The summed E-state index contributed by atoms with van der Waals surface area (Å²) in [5.74, 6) is 0. The van der Waals surface area contributed by atoms with Crippen molar-refractivity contribution in [2.24, 2.45) is 0 Å². The average Bonchev–Trinajstić information content (AvgIpc) is 0. The van der Waals surface area contributed by atoms with Gasteiger partial charge in [0, 0.05) is 36.5 Å². The first-order chi connectivity index (χ1) is 0. The molecule has 31 valence electrons. The Kier molecular flexibility index (Phi) is 135. The van der Waals surface area contributed by atoms with Gasteiger partial charge in [-0.3, -0.25) is 0 Å². The van der Waals surface area contributed by atoms with E-state index in [9.17, 15) is 0 Å². The number of hydrogen-bond acceptors (Lipinski definition) is 0. The molecule has 0 heterocycles. The molecule has 0 aliphatic heterocycles. The maximum absolute atomic E-state index is 0. The van der Waals surface area contributed by atoms with Gasteiger partial charge >= 0.3 is 45.5 Å². The van der Waals surface area contributed by atoms with Crippen molar-refractivity contribution in [3.8, 4) is 0 Å². The van der Waals surface area contributed by atoms with E-state index < -0.39 is 0 Å². The van der Waals surface area contributed by atoms with Gasteiger partial charge in [0.2, 0.25) is 0 Å². The SMILES string of the molecule is O.[Cu].[Ru].[SrH2]. The van der Waals surface area contributed by atoms with Gasteiger partial charge in [0.15, 0.2) is 0 Å². The second-order valence-electron chi connectivity index (χ2n) is 0. The van der Waals surface area contributed by atoms with E-state index in [-0.39, 0.29) is 87.5 Å². The summed E-state index contributed by atoms with van der Waals surface area (Å²) >= 11 is 0. The van der Waals surface area contributed by atoms with E-state index in [0.717, 1.165) is 0 Å². The molecule has 0 saturated carbocycles. The van der Waals surface area contributed by atoms with E-state index in [1.165, 1.54) is 0 Å². The van der Waals surface area contributed by atoms with Gasteiger partial charge in [-0.2, -0.15) is 0 Å². The van der Waals surface area contributed by atoms with Crippen LogP contribution in [0, 0.1) is 0 Å². The summed E-state index contributed by atoms with van der Waals surface area (Å²) < 4.78 is 0. The van der Waals surface area contributed by atoms with E-state index in [4.69, 9.17) is 0 Å². The molecule has 0 aliphatic carbocycles. The Labute approximate surface area is 85.7 Å². The predicted octanol–water partition coefficient (Wildman–Crippen LogP) is -1.75. The second kappa shape index (κ2) is 17.6. The zero-order chi connectivity index (χ0) is 0. The Bertz CT molecular complexity index is 8.00. The van der Waals surface area contributed by atoms with Crippen LogP contribution >= 0.6 is 0 Å². The van der Waals surface area contributed by atoms with Gasteiger partial charge in [-0.05, 0) is 0 Å². The number of rotatable bonds is 0. The fourth-order valence-corrected chi connectivity index (χ4v) is 0. The first-order valence-corrected chi connectivity index (χ1v) is 0. The quantitative estimate of drug-likeness (QED) is 0.469. The summed E-state index contributed by atoms with van der Waals surface area (Å²) in [6.45, 7) is 0. The van der Waals surface area contributed by atoms with Crippen molar-refractivity contribution >= 4 is 45.5 Å². The van der Waals surface area contributed by atoms with Crippen LogP contribution in [0.1, 0.15) is 0 Å². The zero-order valence-electron chi connectivity index (χ0n) is 1.16. The summed E-state index contributed by atoms with van der Waals surface area (Å²) in [6.07, 6.45) is 0. The summed E-state index contributed by atoms with van der Waals surface area (Å²) in [6, 6.07) is 0. The molecule has 0 spiro atoms. The summed E-state index contributed by atoms with van der Waals surface area (Å²) in [4.78, 5) is 0. The molecule has 0 fully saturated rings. The molecule has 4 heteroatoms. The molecule has 0 aromatic carbocycles. The molecule has 1 radical (unpaired) electrons. The molecule has 0 unspecified atom stereocenters. The third-order valence-electron chi connectivity index (χ3n) is 0. The van der Waals surface area contributed by atoms with Crippen LogP contribution in [0.5, 0.6) is 0 Å². The molecule has 1 nitrogen and oxygen atoms in total. The van der Waals surface area contributed by atoms with Gasteiger partial charge in [-0.25, -0.2) is 0 Å². The molecular formula is H4CuORuSr. The predicted molar refractivity (Wildman–Crippen MR) is 12.2 cm³/mol. The standard InChI is InChI=1S/Cu.H2O.Ru.Sr.2H/h;1H2;;;;. The van der Waals surface area contributed by atoms with Crippen LogP contribution in [0.2, 0.25) is 0 Å². The molecule has 0 rings (SSSR count). The second-order valence-corrected chi connectivity index (χ2v) is 0. The third kappa shape index (κ3) is 8.82. The van der Waals surface area contributed by atoms with Gasteiger partial charge in [0.05, 0.1) is 0 Å². The van der Waals surface area contributed by atoms with Crippen molar-refractivity contribution < 1.29 is 42.0 Å². The van der Waals surface area contributed by atoms with Crippen LogP contribution in [0.4, 0.5) is 0 Å². The Hall–Kier alpha value is 2.58. The molecule has 0 saturated heterocycles. The summed E-state index contributed by atoms with van der Waals surface area (Å²) in [5, 5.41) is 0. The minimum atomic E-state index is 0. The Morgan fingerprint density at radius 1 is 1.00 bits per heavy atom. The van der Waals surface area contributed by atoms with Gasteiger partial charge in [-0.15, -0.1) is 0 Å². The zero-order valence-corrected chi connectivity index (χ0v) is 3.83.